The average Bonchev–Trinajstić information content (AvgIpc) is 2.14. The van der Waals surface area contributed by atoms with E-state index in [4.69, 9.17) is 10.5 Å². The van der Waals surface area contributed by atoms with Crippen LogP contribution in [0, 0.1) is 0 Å². The van der Waals surface area contributed by atoms with Gasteiger partial charge < -0.3 is 10.5 Å². The Morgan fingerprint density at radius 3 is 2.47 bits per heavy atom. The molecule has 1 aromatic rings. The second-order valence-corrected chi connectivity index (χ2v) is 4.23. The van der Waals surface area contributed by atoms with Gasteiger partial charge in [-0.2, -0.15) is 13.2 Å². The fourth-order valence-electron chi connectivity index (χ4n) is 1.35. The highest BCUT2D eigenvalue weighted by Gasteiger charge is 2.31. The van der Waals surface area contributed by atoms with Crippen molar-refractivity contribution in [2.24, 2.45) is 5.73 Å². The van der Waals surface area contributed by atoms with E-state index in [9.17, 15) is 13.2 Å². The Bertz CT molecular complexity index is 373. The molecule has 0 spiro atoms. The number of hydrogen-bond donors (Lipinski definition) is 1. The maximum atomic E-state index is 12.2. The molecule has 1 aromatic carbocycles. The zero-order valence-corrected chi connectivity index (χ0v) is 11.3. The number of ether oxygens (including phenoxy) is 1. The summed E-state index contributed by atoms with van der Waals surface area (Å²) in [4.78, 5) is 0. The Balaban J connectivity index is 0.00000256. The van der Waals surface area contributed by atoms with Crippen LogP contribution in [0.2, 0.25) is 0 Å². The molecule has 1 atom stereocenters. The summed E-state index contributed by atoms with van der Waals surface area (Å²) in [7, 11) is 1.39. The minimum atomic E-state index is -4.28. The number of alkyl halides is 3. The topological polar surface area (TPSA) is 35.2 Å². The number of halogens is 5. The van der Waals surface area contributed by atoms with Crippen LogP contribution in [0.1, 0.15) is 18.0 Å². The van der Waals surface area contributed by atoms with Crippen LogP contribution in [0.25, 0.3) is 0 Å². The third kappa shape index (κ3) is 5.14. The molecule has 0 aliphatic rings. The van der Waals surface area contributed by atoms with Gasteiger partial charge in [0.05, 0.1) is 13.5 Å². The molecular formula is C10H12BrClF3NO. The van der Waals surface area contributed by atoms with Crippen LogP contribution in [0.3, 0.4) is 0 Å². The third-order valence-corrected chi connectivity index (χ3v) is 2.54. The lowest BCUT2D eigenvalue weighted by Crippen LogP contribution is -2.20. The maximum Gasteiger partial charge on any atom is 0.390 e. The SMILES string of the molecule is COc1cc(Br)ccc1[C@H](N)CC(F)(F)F.Cl. The predicted molar refractivity (Wildman–Crippen MR) is 65.5 cm³/mol. The molecule has 0 saturated heterocycles. The van der Waals surface area contributed by atoms with Crippen LogP contribution >= 0.6 is 28.3 Å². The molecule has 0 amide bonds. The van der Waals surface area contributed by atoms with Gasteiger partial charge in [0.2, 0.25) is 0 Å². The van der Waals surface area contributed by atoms with Gasteiger partial charge in [0, 0.05) is 16.1 Å². The number of benzene rings is 1. The highest BCUT2D eigenvalue weighted by Crippen LogP contribution is 2.33. The molecule has 0 radical (unpaired) electrons. The van der Waals surface area contributed by atoms with Crippen molar-refractivity contribution < 1.29 is 17.9 Å². The molecule has 0 aliphatic carbocycles. The van der Waals surface area contributed by atoms with Crippen molar-refractivity contribution in [3.05, 3.63) is 28.2 Å². The van der Waals surface area contributed by atoms with Gasteiger partial charge in [0.25, 0.3) is 0 Å². The molecule has 2 nitrogen and oxygen atoms in total. The Kier molecular flexibility index (Phi) is 6.29. The fraction of sp³-hybridized carbons (Fsp3) is 0.400. The molecule has 7 heteroatoms. The normalized spacial score (nSPS) is 12.8. The molecule has 0 saturated carbocycles. The largest absolute Gasteiger partial charge is 0.496 e. The lowest BCUT2D eigenvalue weighted by atomic mass is 10.0. The molecule has 0 unspecified atom stereocenters. The highest BCUT2D eigenvalue weighted by molar-refractivity contribution is 9.10. The zero-order chi connectivity index (χ0) is 12.3. The van der Waals surface area contributed by atoms with Crippen molar-refractivity contribution in [1.82, 2.24) is 0 Å². The summed E-state index contributed by atoms with van der Waals surface area (Å²) in [6.45, 7) is 0. The van der Waals surface area contributed by atoms with Gasteiger partial charge in [-0.25, -0.2) is 0 Å². The summed E-state index contributed by atoms with van der Waals surface area (Å²) in [6, 6.07) is 3.64. The summed E-state index contributed by atoms with van der Waals surface area (Å²) in [6.07, 6.45) is -5.34. The van der Waals surface area contributed by atoms with Crippen LogP contribution < -0.4 is 10.5 Å². The summed E-state index contributed by atoms with van der Waals surface area (Å²) in [5.41, 5.74) is 5.84. The lowest BCUT2D eigenvalue weighted by molar-refractivity contribution is -0.138. The summed E-state index contributed by atoms with van der Waals surface area (Å²) >= 11 is 3.20. The Labute approximate surface area is 112 Å². The Hall–Kier alpha value is -0.460. The first-order valence-corrected chi connectivity index (χ1v) is 5.28. The summed E-state index contributed by atoms with van der Waals surface area (Å²) in [5, 5.41) is 0. The minimum absolute atomic E-state index is 0. The van der Waals surface area contributed by atoms with Gasteiger partial charge in [-0.15, -0.1) is 12.4 Å². The van der Waals surface area contributed by atoms with Crippen molar-refractivity contribution in [2.45, 2.75) is 18.6 Å². The first-order chi connectivity index (χ1) is 7.33. The fourth-order valence-corrected chi connectivity index (χ4v) is 1.69. The van der Waals surface area contributed by atoms with Gasteiger partial charge in [-0.05, 0) is 12.1 Å². The van der Waals surface area contributed by atoms with Crippen LogP contribution in [0.5, 0.6) is 5.75 Å². The van der Waals surface area contributed by atoms with Crippen LogP contribution in [0.4, 0.5) is 13.2 Å². The lowest BCUT2D eigenvalue weighted by Gasteiger charge is -2.17. The second kappa shape index (κ2) is 6.47. The summed E-state index contributed by atoms with van der Waals surface area (Å²) < 4.78 is 42.2. The molecule has 0 heterocycles. The quantitative estimate of drug-likeness (QED) is 0.912. The smallest absolute Gasteiger partial charge is 0.390 e. The monoisotopic (exact) mass is 333 g/mol. The van der Waals surface area contributed by atoms with E-state index < -0.39 is 18.6 Å². The first-order valence-electron chi connectivity index (χ1n) is 4.49. The molecule has 1 rings (SSSR count). The molecule has 0 aliphatic heterocycles. The standard InChI is InChI=1S/C10H11BrF3NO.ClH/c1-16-9-4-6(11)2-3-7(9)8(15)5-10(12,13)14;/h2-4,8H,5,15H2,1H3;1H/t8-;/m1./s1. The van der Waals surface area contributed by atoms with Gasteiger partial charge in [0.1, 0.15) is 5.75 Å². The van der Waals surface area contributed by atoms with E-state index in [0.29, 0.717) is 11.3 Å². The van der Waals surface area contributed by atoms with E-state index in [1.807, 2.05) is 0 Å². The number of methoxy groups -OCH3 is 1. The summed E-state index contributed by atoms with van der Waals surface area (Å²) in [5.74, 6) is 0.353. The molecule has 17 heavy (non-hydrogen) atoms. The van der Waals surface area contributed by atoms with Gasteiger partial charge in [-0.1, -0.05) is 22.0 Å². The van der Waals surface area contributed by atoms with Crippen LogP contribution in [-0.2, 0) is 0 Å². The third-order valence-electron chi connectivity index (χ3n) is 2.05. The van der Waals surface area contributed by atoms with Crippen molar-refractivity contribution in [3.8, 4) is 5.75 Å². The van der Waals surface area contributed by atoms with E-state index in [1.54, 1.807) is 12.1 Å². The van der Waals surface area contributed by atoms with Gasteiger partial charge >= 0.3 is 6.18 Å². The van der Waals surface area contributed by atoms with Crippen molar-refractivity contribution in [2.75, 3.05) is 7.11 Å². The minimum Gasteiger partial charge on any atom is -0.496 e. The molecule has 2 N–H and O–H groups in total. The zero-order valence-electron chi connectivity index (χ0n) is 8.92. The molecule has 0 fully saturated rings. The average molecular weight is 335 g/mol. The van der Waals surface area contributed by atoms with Crippen molar-refractivity contribution in [3.63, 3.8) is 0 Å². The molecule has 0 bridgehead atoms. The van der Waals surface area contributed by atoms with Crippen LogP contribution in [0.15, 0.2) is 22.7 Å². The Morgan fingerprint density at radius 2 is 2.00 bits per heavy atom. The molecule has 98 valence electrons. The number of nitrogens with two attached hydrogens (primary N) is 1. The van der Waals surface area contributed by atoms with E-state index >= 15 is 0 Å². The molecular weight excluding hydrogens is 322 g/mol. The molecule has 0 aromatic heterocycles. The highest BCUT2D eigenvalue weighted by atomic mass is 79.9. The number of hydrogen-bond acceptors (Lipinski definition) is 2. The number of rotatable bonds is 3. The van der Waals surface area contributed by atoms with Crippen molar-refractivity contribution in [1.29, 1.82) is 0 Å². The second-order valence-electron chi connectivity index (χ2n) is 3.31. The Morgan fingerprint density at radius 1 is 1.41 bits per heavy atom. The van der Waals surface area contributed by atoms with E-state index in [1.165, 1.54) is 13.2 Å². The maximum absolute atomic E-state index is 12.2. The first kappa shape index (κ1) is 16.5. The van der Waals surface area contributed by atoms with Gasteiger partial charge in [0.15, 0.2) is 0 Å². The predicted octanol–water partition coefficient (Wildman–Crippen LogP) is 3.83. The van der Waals surface area contributed by atoms with E-state index in [0.717, 1.165) is 4.47 Å². The van der Waals surface area contributed by atoms with Crippen LogP contribution in [-0.4, -0.2) is 13.3 Å². The van der Waals surface area contributed by atoms with E-state index in [2.05, 4.69) is 15.9 Å². The van der Waals surface area contributed by atoms with Gasteiger partial charge in [-0.3, -0.25) is 0 Å². The van der Waals surface area contributed by atoms with E-state index in [-0.39, 0.29) is 12.4 Å². The van der Waals surface area contributed by atoms with Crippen molar-refractivity contribution >= 4 is 28.3 Å².